The normalized spacial score (nSPS) is 28.3. The molecule has 2 heterocycles. The van der Waals surface area contributed by atoms with Crippen molar-refractivity contribution in [2.75, 3.05) is 19.6 Å². The van der Waals surface area contributed by atoms with Crippen molar-refractivity contribution >= 4 is 11.8 Å². The second-order valence-electron chi connectivity index (χ2n) is 7.38. The van der Waals surface area contributed by atoms with Gasteiger partial charge >= 0.3 is 0 Å². The fraction of sp³-hybridized carbons (Fsp3) is 0.600. The van der Waals surface area contributed by atoms with E-state index in [-0.39, 0.29) is 17.9 Å². The average molecular weight is 343 g/mol. The third-order valence-corrected chi connectivity index (χ3v) is 5.54. The van der Waals surface area contributed by atoms with Crippen LogP contribution in [0.3, 0.4) is 0 Å². The van der Waals surface area contributed by atoms with Crippen molar-refractivity contribution < 1.29 is 9.59 Å². The van der Waals surface area contributed by atoms with Gasteiger partial charge < -0.3 is 10.2 Å². The van der Waals surface area contributed by atoms with Gasteiger partial charge in [-0.2, -0.15) is 0 Å². The standard InChI is InChI=1S/C20H29N3O2/c1-15-7-6-8-16(2)23(15)20(25)14-22-12-11-21-19(24)13-18(22)17-9-4-3-5-10-17/h3-5,9-10,15-16,18H,6-8,11-14H2,1-2H3,(H,21,24)/t15-,16-,18+/m1/s1. The van der Waals surface area contributed by atoms with Gasteiger partial charge in [-0.3, -0.25) is 14.5 Å². The minimum absolute atomic E-state index is 0.0388. The number of likely N-dealkylation sites (tertiary alicyclic amines) is 1. The van der Waals surface area contributed by atoms with E-state index in [1.165, 1.54) is 6.42 Å². The predicted molar refractivity (Wildman–Crippen MR) is 98.0 cm³/mol. The van der Waals surface area contributed by atoms with Crippen LogP contribution >= 0.6 is 0 Å². The molecule has 0 spiro atoms. The number of nitrogens with zero attached hydrogens (tertiary/aromatic N) is 2. The quantitative estimate of drug-likeness (QED) is 0.916. The topological polar surface area (TPSA) is 52.7 Å². The Morgan fingerprint density at radius 2 is 1.84 bits per heavy atom. The third-order valence-electron chi connectivity index (χ3n) is 5.54. The summed E-state index contributed by atoms with van der Waals surface area (Å²) in [5.74, 6) is 0.249. The lowest BCUT2D eigenvalue weighted by atomic mass is 9.97. The molecular weight excluding hydrogens is 314 g/mol. The molecule has 0 bridgehead atoms. The summed E-state index contributed by atoms with van der Waals surface area (Å²) in [6.45, 7) is 5.98. The van der Waals surface area contributed by atoms with Crippen LogP contribution in [0.2, 0.25) is 0 Å². The van der Waals surface area contributed by atoms with Crippen molar-refractivity contribution in [3.63, 3.8) is 0 Å². The molecule has 25 heavy (non-hydrogen) atoms. The number of hydrogen-bond acceptors (Lipinski definition) is 3. The molecule has 1 aromatic carbocycles. The minimum Gasteiger partial charge on any atom is -0.355 e. The molecule has 2 saturated heterocycles. The summed E-state index contributed by atoms with van der Waals surface area (Å²) in [6.07, 6.45) is 3.76. The molecule has 3 rings (SSSR count). The Labute approximate surface area is 150 Å². The molecule has 0 aliphatic carbocycles. The molecule has 2 aliphatic heterocycles. The zero-order valence-corrected chi connectivity index (χ0v) is 15.3. The summed E-state index contributed by atoms with van der Waals surface area (Å²) in [5, 5.41) is 2.94. The molecule has 0 radical (unpaired) electrons. The monoisotopic (exact) mass is 343 g/mol. The Bertz CT molecular complexity index is 594. The molecule has 1 aromatic rings. The molecule has 3 atom stereocenters. The summed E-state index contributed by atoms with van der Waals surface area (Å²) < 4.78 is 0. The highest BCUT2D eigenvalue weighted by molar-refractivity contribution is 5.80. The van der Waals surface area contributed by atoms with Crippen LogP contribution in [-0.4, -0.2) is 53.3 Å². The number of benzene rings is 1. The van der Waals surface area contributed by atoms with E-state index in [9.17, 15) is 9.59 Å². The number of piperidine rings is 1. The van der Waals surface area contributed by atoms with Crippen molar-refractivity contribution in [1.82, 2.24) is 15.1 Å². The highest BCUT2D eigenvalue weighted by atomic mass is 16.2. The molecular formula is C20H29N3O2. The number of carbonyl (C=O) groups excluding carboxylic acids is 2. The van der Waals surface area contributed by atoms with Gasteiger partial charge in [-0.05, 0) is 38.7 Å². The van der Waals surface area contributed by atoms with Gasteiger partial charge in [0.05, 0.1) is 6.54 Å². The molecule has 136 valence electrons. The van der Waals surface area contributed by atoms with Gasteiger partial charge in [0.1, 0.15) is 0 Å². The lowest BCUT2D eigenvalue weighted by Crippen LogP contribution is -2.51. The van der Waals surface area contributed by atoms with Gasteiger partial charge in [0.15, 0.2) is 0 Å². The summed E-state index contributed by atoms with van der Waals surface area (Å²) in [5.41, 5.74) is 1.10. The first-order chi connectivity index (χ1) is 12.1. The fourth-order valence-corrected chi connectivity index (χ4v) is 4.23. The number of hydrogen-bond donors (Lipinski definition) is 1. The van der Waals surface area contributed by atoms with Crippen LogP contribution in [0.4, 0.5) is 0 Å². The number of amides is 2. The Morgan fingerprint density at radius 3 is 2.52 bits per heavy atom. The number of rotatable bonds is 3. The van der Waals surface area contributed by atoms with Gasteiger partial charge in [0, 0.05) is 37.6 Å². The lowest BCUT2D eigenvalue weighted by molar-refractivity contribution is -0.139. The zero-order chi connectivity index (χ0) is 17.8. The van der Waals surface area contributed by atoms with E-state index >= 15 is 0 Å². The first-order valence-electron chi connectivity index (χ1n) is 9.43. The average Bonchev–Trinajstić information content (AvgIpc) is 2.77. The van der Waals surface area contributed by atoms with E-state index < -0.39 is 0 Å². The van der Waals surface area contributed by atoms with Crippen LogP contribution in [0.5, 0.6) is 0 Å². The molecule has 0 aromatic heterocycles. The van der Waals surface area contributed by atoms with Crippen LogP contribution in [0.15, 0.2) is 30.3 Å². The first-order valence-corrected chi connectivity index (χ1v) is 9.43. The molecule has 2 amide bonds. The van der Waals surface area contributed by atoms with Crippen LogP contribution in [0, 0.1) is 0 Å². The Hall–Kier alpha value is -1.88. The van der Waals surface area contributed by atoms with E-state index in [2.05, 4.69) is 29.0 Å². The van der Waals surface area contributed by atoms with Gasteiger partial charge in [0.2, 0.25) is 11.8 Å². The maximum Gasteiger partial charge on any atom is 0.237 e. The molecule has 5 heteroatoms. The van der Waals surface area contributed by atoms with E-state index in [4.69, 9.17) is 0 Å². The predicted octanol–water partition coefficient (Wildman–Crippen LogP) is 2.34. The molecule has 2 aliphatic rings. The smallest absolute Gasteiger partial charge is 0.237 e. The van der Waals surface area contributed by atoms with Crippen LogP contribution in [-0.2, 0) is 9.59 Å². The SMILES string of the molecule is C[C@@H]1CCC[C@@H](C)N1C(=O)CN1CCNC(=O)C[C@H]1c1ccccc1. The minimum atomic E-state index is -0.0388. The number of nitrogens with one attached hydrogen (secondary N) is 1. The van der Waals surface area contributed by atoms with E-state index in [1.54, 1.807) is 0 Å². The Balaban J connectivity index is 1.77. The van der Waals surface area contributed by atoms with E-state index in [1.807, 2.05) is 30.3 Å². The molecule has 1 N–H and O–H groups in total. The van der Waals surface area contributed by atoms with E-state index in [0.717, 1.165) is 18.4 Å². The molecule has 0 saturated carbocycles. The van der Waals surface area contributed by atoms with Crippen LogP contribution in [0.25, 0.3) is 0 Å². The van der Waals surface area contributed by atoms with Gasteiger partial charge in [0.25, 0.3) is 0 Å². The highest BCUT2D eigenvalue weighted by Gasteiger charge is 2.33. The summed E-state index contributed by atoms with van der Waals surface area (Å²) >= 11 is 0. The zero-order valence-electron chi connectivity index (χ0n) is 15.3. The Morgan fingerprint density at radius 1 is 1.16 bits per heavy atom. The molecule has 5 nitrogen and oxygen atoms in total. The summed E-state index contributed by atoms with van der Waals surface area (Å²) in [7, 11) is 0. The summed E-state index contributed by atoms with van der Waals surface area (Å²) in [4.78, 5) is 29.3. The number of carbonyl (C=O) groups is 2. The van der Waals surface area contributed by atoms with Gasteiger partial charge in [-0.25, -0.2) is 0 Å². The molecule has 2 fully saturated rings. The molecule has 0 unspecified atom stereocenters. The lowest BCUT2D eigenvalue weighted by Gasteiger charge is -2.41. The van der Waals surface area contributed by atoms with Gasteiger partial charge in [-0.15, -0.1) is 0 Å². The van der Waals surface area contributed by atoms with E-state index in [0.29, 0.717) is 38.1 Å². The van der Waals surface area contributed by atoms with Crippen LogP contribution in [0.1, 0.15) is 51.1 Å². The van der Waals surface area contributed by atoms with Crippen molar-refractivity contribution in [2.45, 2.75) is 57.7 Å². The fourth-order valence-electron chi connectivity index (χ4n) is 4.23. The van der Waals surface area contributed by atoms with Crippen molar-refractivity contribution in [2.24, 2.45) is 0 Å². The second-order valence-corrected chi connectivity index (χ2v) is 7.38. The van der Waals surface area contributed by atoms with Crippen molar-refractivity contribution in [3.05, 3.63) is 35.9 Å². The van der Waals surface area contributed by atoms with Gasteiger partial charge in [-0.1, -0.05) is 30.3 Å². The second kappa shape index (κ2) is 8.00. The maximum absolute atomic E-state index is 13.0. The first kappa shape index (κ1) is 17.9. The largest absolute Gasteiger partial charge is 0.355 e. The Kier molecular flexibility index (Phi) is 5.74. The summed E-state index contributed by atoms with van der Waals surface area (Å²) in [6, 6.07) is 10.6. The van der Waals surface area contributed by atoms with Crippen molar-refractivity contribution in [1.29, 1.82) is 0 Å². The maximum atomic E-state index is 13.0. The highest BCUT2D eigenvalue weighted by Crippen LogP contribution is 2.27. The van der Waals surface area contributed by atoms with Crippen LogP contribution < -0.4 is 5.32 Å². The third kappa shape index (κ3) is 4.21. The van der Waals surface area contributed by atoms with Crippen molar-refractivity contribution in [3.8, 4) is 0 Å².